The van der Waals surface area contributed by atoms with E-state index in [2.05, 4.69) is 15.4 Å². The van der Waals surface area contributed by atoms with Crippen molar-refractivity contribution in [3.8, 4) is 5.13 Å². The summed E-state index contributed by atoms with van der Waals surface area (Å²) in [6.45, 7) is 7.55. The summed E-state index contributed by atoms with van der Waals surface area (Å²) < 4.78 is 1.68. The van der Waals surface area contributed by atoms with E-state index in [9.17, 15) is 4.79 Å². The van der Waals surface area contributed by atoms with E-state index in [0.717, 1.165) is 22.6 Å². The molecule has 0 aliphatic heterocycles. The first-order valence-corrected chi connectivity index (χ1v) is 8.64. The summed E-state index contributed by atoms with van der Waals surface area (Å²) >= 11 is 7.49. The molecule has 0 saturated heterocycles. The van der Waals surface area contributed by atoms with Crippen molar-refractivity contribution in [3.05, 3.63) is 56.8 Å². The average molecular weight is 361 g/mol. The van der Waals surface area contributed by atoms with Crippen molar-refractivity contribution in [2.24, 2.45) is 0 Å². The van der Waals surface area contributed by atoms with Crippen LogP contribution in [0.25, 0.3) is 5.13 Å². The first kappa shape index (κ1) is 16.7. The highest BCUT2D eigenvalue weighted by Gasteiger charge is 2.19. The van der Waals surface area contributed by atoms with E-state index in [4.69, 9.17) is 11.6 Å². The second-order valence-electron chi connectivity index (χ2n) is 5.63. The molecule has 0 atom stereocenters. The minimum absolute atomic E-state index is 0.173. The molecule has 0 fully saturated rings. The van der Waals surface area contributed by atoms with Crippen LogP contribution in [0.5, 0.6) is 0 Å². The number of aryl methyl sites for hydroxylation is 3. The number of rotatable bonds is 3. The fraction of sp³-hybridized carbons (Fsp3) is 0.235. The molecule has 3 aromatic rings. The quantitative estimate of drug-likeness (QED) is 0.749. The molecule has 3 rings (SSSR count). The summed E-state index contributed by atoms with van der Waals surface area (Å²) in [6, 6.07) is 7.67. The number of nitrogens with one attached hydrogen (secondary N) is 1. The largest absolute Gasteiger partial charge is 0.321 e. The minimum atomic E-state index is -0.173. The summed E-state index contributed by atoms with van der Waals surface area (Å²) in [4.78, 5) is 17.6. The standard InChI is InChI=1S/C17H17ClN4OS/c1-9-5-7-13(8-6-9)20-16(23)15-11(3)19-17(24-15)22-12(4)14(18)10(2)21-22/h5-8H,1-4H3,(H,20,23). The van der Waals surface area contributed by atoms with Crippen molar-refractivity contribution in [2.75, 3.05) is 5.32 Å². The maximum Gasteiger partial charge on any atom is 0.267 e. The Morgan fingerprint density at radius 2 is 1.79 bits per heavy atom. The number of hydrogen-bond donors (Lipinski definition) is 1. The molecule has 1 amide bonds. The highest BCUT2D eigenvalue weighted by Crippen LogP contribution is 2.27. The molecule has 0 aliphatic rings. The Bertz CT molecular complexity index is 912. The van der Waals surface area contributed by atoms with Crippen LogP contribution in [0.3, 0.4) is 0 Å². The van der Waals surface area contributed by atoms with Crippen LogP contribution in [0.15, 0.2) is 24.3 Å². The lowest BCUT2D eigenvalue weighted by Gasteiger charge is -2.04. The number of nitrogens with zero attached hydrogens (tertiary/aromatic N) is 3. The highest BCUT2D eigenvalue weighted by molar-refractivity contribution is 7.16. The summed E-state index contributed by atoms with van der Waals surface area (Å²) in [5.41, 5.74) is 4.13. The van der Waals surface area contributed by atoms with Crippen LogP contribution in [0, 0.1) is 27.7 Å². The number of carbonyl (C=O) groups is 1. The van der Waals surface area contributed by atoms with Gasteiger partial charge in [-0.3, -0.25) is 4.79 Å². The second-order valence-corrected chi connectivity index (χ2v) is 6.98. The number of anilines is 1. The van der Waals surface area contributed by atoms with Crippen LogP contribution < -0.4 is 5.32 Å². The maximum absolute atomic E-state index is 12.5. The second kappa shape index (κ2) is 6.37. The van der Waals surface area contributed by atoms with Crippen LogP contribution in [-0.4, -0.2) is 20.7 Å². The predicted molar refractivity (Wildman–Crippen MR) is 97.6 cm³/mol. The molecule has 2 aromatic heterocycles. The number of aromatic nitrogens is 3. The molecule has 0 unspecified atom stereocenters. The van der Waals surface area contributed by atoms with Gasteiger partial charge in [-0.15, -0.1) is 0 Å². The first-order chi connectivity index (χ1) is 11.4. The van der Waals surface area contributed by atoms with E-state index >= 15 is 0 Å². The zero-order chi connectivity index (χ0) is 17.4. The van der Waals surface area contributed by atoms with E-state index < -0.39 is 0 Å². The van der Waals surface area contributed by atoms with E-state index in [0.29, 0.717) is 20.7 Å². The van der Waals surface area contributed by atoms with E-state index in [1.807, 2.05) is 52.0 Å². The Hall–Kier alpha value is -2.18. The summed E-state index contributed by atoms with van der Waals surface area (Å²) in [6.07, 6.45) is 0. The van der Waals surface area contributed by atoms with Gasteiger partial charge in [-0.25, -0.2) is 9.67 Å². The molecule has 0 bridgehead atoms. The molecule has 0 aliphatic carbocycles. The molecule has 0 radical (unpaired) electrons. The fourth-order valence-electron chi connectivity index (χ4n) is 2.32. The van der Waals surface area contributed by atoms with Crippen molar-refractivity contribution in [1.82, 2.24) is 14.8 Å². The molecular weight excluding hydrogens is 344 g/mol. The zero-order valence-corrected chi connectivity index (χ0v) is 15.4. The smallest absolute Gasteiger partial charge is 0.267 e. The zero-order valence-electron chi connectivity index (χ0n) is 13.8. The van der Waals surface area contributed by atoms with Gasteiger partial charge >= 0.3 is 0 Å². The van der Waals surface area contributed by atoms with Crippen LogP contribution >= 0.6 is 22.9 Å². The van der Waals surface area contributed by atoms with Gasteiger partial charge < -0.3 is 5.32 Å². The van der Waals surface area contributed by atoms with E-state index in [1.54, 1.807) is 4.68 Å². The van der Waals surface area contributed by atoms with Crippen LogP contribution in [-0.2, 0) is 0 Å². The molecule has 5 nitrogen and oxygen atoms in total. The van der Waals surface area contributed by atoms with Gasteiger partial charge in [0.05, 0.1) is 22.1 Å². The van der Waals surface area contributed by atoms with E-state index in [1.165, 1.54) is 11.3 Å². The normalized spacial score (nSPS) is 10.9. The van der Waals surface area contributed by atoms with Gasteiger partial charge in [0, 0.05) is 5.69 Å². The number of benzene rings is 1. The summed E-state index contributed by atoms with van der Waals surface area (Å²) in [5.74, 6) is -0.173. The molecule has 0 saturated carbocycles. The number of hydrogen-bond acceptors (Lipinski definition) is 4. The van der Waals surface area contributed by atoms with Gasteiger partial charge in [0.25, 0.3) is 5.91 Å². The Kier molecular flexibility index (Phi) is 4.43. The topological polar surface area (TPSA) is 59.8 Å². The maximum atomic E-state index is 12.5. The van der Waals surface area contributed by atoms with Gasteiger partial charge in [0.1, 0.15) is 4.88 Å². The Morgan fingerprint density at radius 1 is 1.12 bits per heavy atom. The Morgan fingerprint density at radius 3 is 2.38 bits per heavy atom. The van der Waals surface area contributed by atoms with Gasteiger partial charge in [-0.1, -0.05) is 40.6 Å². The number of carbonyl (C=O) groups excluding carboxylic acids is 1. The lowest BCUT2D eigenvalue weighted by atomic mass is 10.2. The number of thiazole rings is 1. The van der Waals surface area contributed by atoms with Crippen LogP contribution in [0.1, 0.15) is 32.3 Å². The third kappa shape index (κ3) is 3.07. The molecule has 7 heteroatoms. The lowest BCUT2D eigenvalue weighted by Crippen LogP contribution is -2.11. The van der Waals surface area contributed by atoms with Gasteiger partial charge in [-0.05, 0) is 39.8 Å². The van der Waals surface area contributed by atoms with Crippen molar-refractivity contribution in [3.63, 3.8) is 0 Å². The highest BCUT2D eigenvalue weighted by atomic mass is 35.5. The Balaban J connectivity index is 1.89. The molecule has 0 spiro atoms. The number of halogens is 1. The first-order valence-electron chi connectivity index (χ1n) is 7.44. The van der Waals surface area contributed by atoms with Crippen molar-refractivity contribution >= 4 is 34.5 Å². The monoisotopic (exact) mass is 360 g/mol. The van der Waals surface area contributed by atoms with Crippen LogP contribution in [0.4, 0.5) is 5.69 Å². The molecule has 24 heavy (non-hydrogen) atoms. The SMILES string of the molecule is Cc1ccc(NC(=O)c2sc(-n3nc(C)c(Cl)c3C)nc2C)cc1. The van der Waals surface area contributed by atoms with Crippen LogP contribution in [0.2, 0.25) is 5.02 Å². The lowest BCUT2D eigenvalue weighted by molar-refractivity contribution is 0.103. The summed E-state index contributed by atoms with van der Waals surface area (Å²) in [5, 5.41) is 8.54. The van der Waals surface area contributed by atoms with Crippen molar-refractivity contribution < 1.29 is 4.79 Å². The van der Waals surface area contributed by atoms with Gasteiger partial charge in [0.2, 0.25) is 5.13 Å². The van der Waals surface area contributed by atoms with Gasteiger partial charge in [-0.2, -0.15) is 5.10 Å². The molecule has 1 aromatic carbocycles. The molecule has 124 valence electrons. The summed E-state index contributed by atoms with van der Waals surface area (Å²) in [7, 11) is 0. The molecular formula is C17H17ClN4OS. The van der Waals surface area contributed by atoms with Crippen molar-refractivity contribution in [2.45, 2.75) is 27.7 Å². The van der Waals surface area contributed by atoms with E-state index in [-0.39, 0.29) is 5.91 Å². The Labute approximate surface area is 149 Å². The molecule has 1 N–H and O–H groups in total. The predicted octanol–water partition coefficient (Wildman–Crippen LogP) is 4.47. The molecule has 2 heterocycles. The van der Waals surface area contributed by atoms with Crippen molar-refractivity contribution in [1.29, 1.82) is 0 Å². The average Bonchev–Trinajstić information content (AvgIpc) is 3.05. The minimum Gasteiger partial charge on any atom is -0.321 e. The third-order valence-electron chi connectivity index (χ3n) is 3.69. The third-order valence-corrected chi connectivity index (χ3v) is 5.36. The van der Waals surface area contributed by atoms with Gasteiger partial charge in [0.15, 0.2) is 0 Å². The number of amides is 1. The fourth-order valence-corrected chi connectivity index (χ4v) is 3.40.